The van der Waals surface area contributed by atoms with Gasteiger partial charge >= 0.3 is 0 Å². The Kier molecular flexibility index (Phi) is 5.06. The molecule has 206 valence electrons. The van der Waals surface area contributed by atoms with Gasteiger partial charge in [-0.25, -0.2) is 0 Å². The molecular weight excluding hydrogens is 575 g/mol. The van der Waals surface area contributed by atoms with Crippen LogP contribution in [0.4, 0.5) is 17.1 Å². The normalized spacial score (nSPS) is 12.1. The summed E-state index contributed by atoms with van der Waals surface area (Å²) in [7, 11) is 0. The number of benzene rings is 7. The van der Waals surface area contributed by atoms with Crippen molar-refractivity contribution in [3.63, 3.8) is 0 Å². The molecular formula is C40H23NOS2. The van der Waals surface area contributed by atoms with Gasteiger partial charge in [0.15, 0.2) is 0 Å². The number of hydrogen-bond acceptors (Lipinski definition) is 4. The molecule has 7 aromatic carbocycles. The first kappa shape index (κ1) is 24.3. The van der Waals surface area contributed by atoms with E-state index in [1.807, 2.05) is 22.7 Å². The highest BCUT2D eigenvalue weighted by Crippen LogP contribution is 2.48. The molecule has 0 fully saturated rings. The lowest BCUT2D eigenvalue weighted by Gasteiger charge is -2.26. The molecule has 3 aromatic heterocycles. The molecule has 0 N–H and O–H groups in total. The maximum atomic E-state index is 6.59. The first-order valence-corrected chi connectivity index (χ1v) is 16.4. The van der Waals surface area contributed by atoms with Crippen molar-refractivity contribution in [2.24, 2.45) is 0 Å². The third-order valence-electron chi connectivity index (χ3n) is 8.82. The van der Waals surface area contributed by atoms with E-state index in [9.17, 15) is 0 Å². The largest absolute Gasteiger partial charge is 0.456 e. The van der Waals surface area contributed by atoms with Gasteiger partial charge < -0.3 is 9.32 Å². The van der Waals surface area contributed by atoms with Crippen molar-refractivity contribution in [3.05, 3.63) is 140 Å². The summed E-state index contributed by atoms with van der Waals surface area (Å²) in [5.74, 6) is 0. The fraction of sp³-hybridized carbons (Fsp3) is 0. The predicted molar refractivity (Wildman–Crippen MR) is 192 cm³/mol. The van der Waals surface area contributed by atoms with Crippen LogP contribution in [0.15, 0.2) is 144 Å². The second-order valence-corrected chi connectivity index (χ2v) is 13.5. The van der Waals surface area contributed by atoms with Crippen LogP contribution in [0, 0.1) is 0 Å². The highest BCUT2D eigenvalue weighted by atomic mass is 32.1. The van der Waals surface area contributed by atoms with Gasteiger partial charge in [-0.3, -0.25) is 0 Å². The molecule has 10 rings (SSSR count). The van der Waals surface area contributed by atoms with Gasteiger partial charge in [0, 0.05) is 57.1 Å². The monoisotopic (exact) mass is 597 g/mol. The Bertz CT molecular complexity index is 2730. The quantitative estimate of drug-likeness (QED) is 0.201. The van der Waals surface area contributed by atoms with Crippen LogP contribution in [0.3, 0.4) is 0 Å². The lowest BCUT2D eigenvalue weighted by atomic mass is 10.0. The van der Waals surface area contributed by atoms with Crippen LogP contribution < -0.4 is 4.90 Å². The fourth-order valence-electron chi connectivity index (χ4n) is 6.85. The maximum Gasteiger partial charge on any atom is 0.137 e. The van der Waals surface area contributed by atoms with Gasteiger partial charge in [-0.1, -0.05) is 66.7 Å². The summed E-state index contributed by atoms with van der Waals surface area (Å²) >= 11 is 3.72. The lowest BCUT2D eigenvalue weighted by molar-refractivity contribution is 0.669. The number of rotatable bonds is 3. The third-order valence-corrected chi connectivity index (χ3v) is 11.2. The summed E-state index contributed by atoms with van der Waals surface area (Å²) < 4.78 is 11.8. The topological polar surface area (TPSA) is 16.4 Å². The van der Waals surface area contributed by atoms with E-state index in [0.29, 0.717) is 0 Å². The van der Waals surface area contributed by atoms with Crippen LogP contribution >= 0.6 is 22.7 Å². The summed E-state index contributed by atoms with van der Waals surface area (Å²) in [4.78, 5) is 2.39. The molecule has 0 saturated heterocycles. The smallest absolute Gasteiger partial charge is 0.137 e. The first-order chi connectivity index (χ1) is 21.8. The average molecular weight is 598 g/mol. The molecule has 0 amide bonds. The van der Waals surface area contributed by atoms with Gasteiger partial charge in [0.05, 0.1) is 11.1 Å². The van der Waals surface area contributed by atoms with E-state index in [1.54, 1.807) is 0 Å². The van der Waals surface area contributed by atoms with E-state index in [1.165, 1.54) is 56.5 Å². The molecule has 0 radical (unpaired) electrons. The minimum absolute atomic E-state index is 0.899. The molecule has 10 aromatic rings. The van der Waals surface area contributed by atoms with Crippen molar-refractivity contribution in [2.45, 2.75) is 0 Å². The summed E-state index contributed by atoms with van der Waals surface area (Å²) in [5, 5.41) is 10.0. The molecule has 44 heavy (non-hydrogen) atoms. The molecule has 2 nitrogen and oxygen atoms in total. The first-order valence-electron chi connectivity index (χ1n) is 14.8. The minimum Gasteiger partial charge on any atom is -0.456 e. The van der Waals surface area contributed by atoms with Crippen LogP contribution in [0.5, 0.6) is 0 Å². The molecule has 0 saturated carbocycles. The van der Waals surface area contributed by atoms with Crippen LogP contribution in [0.2, 0.25) is 0 Å². The molecule has 0 unspecified atom stereocenters. The predicted octanol–water partition coefficient (Wildman–Crippen LogP) is 12.9. The Morgan fingerprint density at radius 2 is 1.18 bits per heavy atom. The Labute approximate surface area is 260 Å². The zero-order valence-electron chi connectivity index (χ0n) is 23.5. The number of para-hydroxylation sites is 1. The highest BCUT2D eigenvalue weighted by molar-refractivity contribution is 7.27. The van der Waals surface area contributed by atoms with Crippen molar-refractivity contribution in [1.82, 2.24) is 0 Å². The number of hydrogen-bond donors (Lipinski definition) is 0. The Balaban J connectivity index is 1.30. The third kappa shape index (κ3) is 3.47. The molecule has 0 aliphatic carbocycles. The zero-order chi connectivity index (χ0) is 28.8. The van der Waals surface area contributed by atoms with Crippen LogP contribution in [0.25, 0.3) is 73.1 Å². The summed E-state index contributed by atoms with van der Waals surface area (Å²) in [5.41, 5.74) is 5.17. The van der Waals surface area contributed by atoms with Gasteiger partial charge in [-0.05, 0) is 83.6 Å². The molecule has 3 heterocycles. The number of thiophene rings is 2. The van der Waals surface area contributed by atoms with Crippen molar-refractivity contribution in [1.29, 1.82) is 0 Å². The Morgan fingerprint density at radius 1 is 0.432 bits per heavy atom. The molecule has 0 aliphatic heterocycles. The van der Waals surface area contributed by atoms with Gasteiger partial charge in [0.2, 0.25) is 0 Å². The van der Waals surface area contributed by atoms with E-state index >= 15 is 0 Å². The molecule has 0 spiro atoms. The Hall–Kier alpha value is -5.16. The highest BCUT2D eigenvalue weighted by Gasteiger charge is 2.22. The number of fused-ring (bicyclic) bond motifs is 11. The van der Waals surface area contributed by atoms with Gasteiger partial charge in [-0.15, -0.1) is 22.7 Å². The van der Waals surface area contributed by atoms with Gasteiger partial charge in [0.25, 0.3) is 0 Å². The van der Waals surface area contributed by atoms with E-state index in [4.69, 9.17) is 4.42 Å². The lowest BCUT2D eigenvalue weighted by Crippen LogP contribution is -2.10. The van der Waals surface area contributed by atoms with Crippen LogP contribution in [0.1, 0.15) is 0 Å². The van der Waals surface area contributed by atoms with Crippen molar-refractivity contribution >= 4 is 113 Å². The standard InChI is InChI=1S/C40H23NOS2/c1-2-11-26(12-3-1)41(27-17-20-36-31(23-27)28-13-6-7-16-35(28)43-36)32-14-8-15-33-38(32)39-34(42-33)19-18-29-30-21-24-9-4-5-10-25(24)22-37(30)44-40(29)39/h1-23H. The molecule has 0 atom stereocenters. The number of nitrogens with zero attached hydrogens (tertiary/aromatic N) is 1. The van der Waals surface area contributed by atoms with Gasteiger partial charge in [0.1, 0.15) is 11.2 Å². The number of anilines is 3. The van der Waals surface area contributed by atoms with Crippen LogP contribution in [-0.4, -0.2) is 0 Å². The molecule has 0 aliphatic rings. The Morgan fingerprint density at radius 3 is 2.09 bits per heavy atom. The fourth-order valence-corrected chi connectivity index (χ4v) is 9.21. The van der Waals surface area contributed by atoms with E-state index in [2.05, 4.69) is 144 Å². The summed E-state index contributed by atoms with van der Waals surface area (Å²) in [6.45, 7) is 0. The van der Waals surface area contributed by atoms with Crippen LogP contribution in [-0.2, 0) is 0 Å². The number of furan rings is 1. The molecule has 4 heteroatoms. The average Bonchev–Trinajstić information content (AvgIpc) is 3.75. The van der Waals surface area contributed by atoms with Crippen molar-refractivity contribution < 1.29 is 4.42 Å². The zero-order valence-corrected chi connectivity index (χ0v) is 25.1. The second-order valence-electron chi connectivity index (χ2n) is 11.3. The van der Waals surface area contributed by atoms with E-state index in [0.717, 1.165) is 33.6 Å². The van der Waals surface area contributed by atoms with E-state index in [-0.39, 0.29) is 0 Å². The van der Waals surface area contributed by atoms with E-state index < -0.39 is 0 Å². The summed E-state index contributed by atoms with van der Waals surface area (Å²) in [6, 6.07) is 50.4. The SMILES string of the molecule is c1ccc(N(c2ccc3sc4ccccc4c3c2)c2cccc3oc4ccc5c6cc7ccccc7cc6sc5c4c23)cc1. The summed E-state index contributed by atoms with van der Waals surface area (Å²) in [6.07, 6.45) is 0. The maximum absolute atomic E-state index is 6.59. The second kappa shape index (κ2) is 9.17. The molecule has 0 bridgehead atoms. The minimum atomic E-state index is 0.899. The van der Waals surface area contributed by atoms with Crippen molar-refractivity contribution in [3.8, 4) is 0 Å². The van der Waals surface area contributed by atoms with Crippen molar-refractivity contribution in [2.75, 3.05) is 4.90 Å². The van der Waals surface area contributed by atoms with Gasteiger partial charge in [-0.2, -0.15) is 0 Å².